The van der Waals surface area contributed by atoms with Crippen LogP contribution in [0.4, 0.5) is 0 Å². The van der Waals surface area contributed by atoms with E-state index in [0.29, 0.717) is 0 Å². The van der Waals surface area contributed by atoms with E-state index < -0.39 is 0 Å². The summed E-state index contributed by atoms with van der Waals surface area (Å²) in [6, 6.07) is 0.725. The molecule has 1 aliphatic rings. The van der Waals surface area contributed by atoms with Crippen molar-refractivity contribution >= 4 is 0 Å². The second-order valence-electron chi connectivity index (χ2n) is 5.40. The molecule has 2 atom stereocenters. The molecule has 0 aliphatic carbocycles. The van der Waals surface area contributed by atoms with Crippen LogP contribution in [0.15, 0.2) is 0 Å². The molecule has 2 heteroatoms. The highest BCUT2D eigenvalue weighted by atomic mass is 15.1. The Bertz CT molecular complexity index is 156. The molecule has 2 unspecified atom stereocenters. The molecule has 1 N–H and O–H groups in total. The topological polar surface area (TPSA) is 15.3 Å². The zero-order valence-electron chi connectivity index (χ0n) is 10.2. The zero-order chi connectivity index (χ0) is 10.6. The molecule has 1 fully saturated rings. The van der Waals surface area contributed by atoms with Gasteiger partial charge in [-0.05, 0) is 38.3 Å². The van der Waals surface area contributed by atoms with Gasteiger partial charge in [-0.25, -0.2) is 0 Å². The monoisotopic (exact) mass is 198 g/mol. The molecule has 1 rings (SSSR count). The fraction of sp³-hybridized carbons (Fsp3) is 1.00. The summed E-state index contributed by atoms with van der Waals surface area (Å²) in [4.78, 5) is 2.46. The van der Waals surface area contributed by atoms with Gasteiger partial charge in [-0.15, -0.1) is 0 Å². The molecule has 1 aliphatic heterocycles. The molecule has 0 aromatic rings. The van der Waals surface area contributed by atoms with Gasteiger partial charge in [-0.2, -0.15) is 0 Å². The van der Waals surface area contributed by atoms with Gasteiger partial charge in [0.25, 0.3) is 0 Å². The third kappa shape index (κ3) is 4.43. The summed E-state index contributed by atoms with van der Waals surface area (Å²) in [5, 5.41) is 3.61. The van der Waals surface area contributed by atoms with Crippen molar-refractivity contribution < 1.29 is 0 Å². The van der Waals surface area contributed by atoms with Crippen LogP contribution in [-0.2, 0) is 0 Å². The molecule has 0 aromatic carbocycles. The Labute approximate surface area is 89.1 Å². The predicted octanol–water partition coefficient (Wildman–Crippen LogP) is 1.96. The number of likely N-dealkylation sites (N-methyl/N-ethyl adjacent to an activating group) is 1. The minimum atomic E-state index is 0.725. The smallest absolute Gasteiger partial charge is 0.0197 e. The Morgan fingerprint density at radius 3 is 2.71 bits per heavy atom. The van der Waals surface area contributed by atoms with E-state index in [1.54, 1.807) is 0 Å². The minimum Gasteiger partial charge on any atom is -0.313 e. The third-order valence-corrected chi connectivity index (χ3v) is 2.97. The second-order valence-corrected chi connectivity index (χ2v) is 5.40. The van der Waals surface area contributed by atoms with E-state index in [1.807, 2.05) is 0 Å². The summed E-state index contributed by atoms with van der Waals surface area (Å²) < 4.78 is 0. The first-order chi connectivity index (χ1) is 6.58. The van der Waals surface area contributed by atoms with Crippen molar-refractivity contribution in [3.63, 3.8) is 0 Å². The van der Waals surface area contributed by atoms with Crippen LogP contribution < -0.4 is 5.32 Å². The third-order valence-electron chi connectivity index (χ3n) is 2.97. The molecule has 0 amide bonds. The lowest BCUT2D eigenvalue weighted by Crippen LogP contribution is -2.45. The Kier molecular flexibility index (Phi) is 4.90. The molecule has 1 saturated heterocycles. The number of rotatable bonds is 4. The van der Waals surface area contributed by atoms with Gasteiger partial charge in [0.05, 0.1) is 0 Å². The van der Waals surface area contributed by atoms with Gasteiger partial charge >= 0.3 is 0 Å². The number of piperidine rings is 1. The van der Waals surface area contributed by atoms with E-state index in [0.717, 1.165) is 17.9 Å². The van der Waals surface area contributed by atoms with Crippen LogP contribution >= 0.6 is 0 Å². The van der Waals surface area contributed by atoms with Gasteiger partial charge in [0.2, 0.25) is 0 Å². The summed E-state index contributed by atoms with van der Waals surface area (Å²) in [6.07, 6.45) is 2.70. The zero-order valence-corrected chi connectivity index (χ0v) is 10.2. The summed E-state index contributed by atoms with van der Waals surface area (Å²) in [6.45, 7) is 10.6. The van der Waals surface area contributed by atoms with Crippen molar-refractivity contribution in [1.29, 1.82) is 0 Å². The fourth-order valence-corrected chi connectivity index (χ4v) is 2.43. The lowest BCUT2D eigenvalue weighted by Gasteiger charge is -2.32. The highest BCUT2D eigenvalue weighted by Crippen LogP contribution is 2.15. The largest absolute Gasteiger partial charge is 0.313 e. The Hall–Kier alpha value is -0.0800. The first-order valence-electron chi connectivity index (χ1n) is 6.00. The van der Waals surface area contributed by atoms with Crippen LogP contribution in [0.2, 0.25) is 0 Å². The van der Waals surface area contributed by atoms with E-state index >= 15 is 0 Å². The van der Waals surface area contributed by atoms with Gasteiger partial charge < -0.3 is 10.2 Å². The van der Waals surface area contributed by atoms with Crippen LogP contribution in [0.3, 0.4) is 0 Å². The molecular weight excluding hydrogens is 172 g/mol. The summed E-state index contributed by atoms with van der Waals surface area (Å²) >= 11 is 0. The average molecular weight is 198 g/mol. The summed E-state index contributed by atoms with van der Waals surface area (Å²) in [5.74, 6) is 1.69. The number of hydrogen-bond acceptors (Lipinski definition) is 2. The van der Waals surface area contributed by atoms with Gasteiger partial charge in [-0.1, -0.05) is 20.8 Å². The van der Waals surface area contributed by atoms with Gasteiger partial charge in [0.15, 0.2) is 0 Å². The molecule has 0 aromatic heterocycles. The molecule has 0 radical (unpaired) electrons. The molecule has 0 bridgehead atoms. The molecule has 0 saturated carbocycles. The minimum absolute atomic E-state index is 0.725. The maximum Gasteiger partial charge on any atom is 0.0197 e. The normalized spacial score (nSPS) is 28.7. The number of hydrogen-bond donors (Lipinski definition) is 1. The van der Waals surface area contributed by atoms with Crippen molar-refractivity contribution in [2.24, 2.45) is 11.8 Å². The van der Waals surface area contributed by atoms with Crippen LogP contribution in [0, 0.1) is 11.8 Å². The standard InChI is InChI=1S/C12H26N2/c1-10(2)8-14(4)9-12-7-11(3)5-6-13-12/h10-13H,5-9H2,1-4H3. The number of nitrogens with one attached hydrogen (secondary N) is 1. The molecule has 14 heavy (non-hydrogen) atoms. The molecule has 1 heterocycles. The molecule has 0 spiro atoms. The van der Waals surface area contributed by atoms with E-state index in [1.165, 1.54) is 32.5 Å². The van der Waals surface area contributed by atoms with Crippen LogP contribution in [0.1, 0.15) is 33.6 Å². The first kappa shape index (κ1) is 12.0. The van der Waals surface area contributed by atoms with Gasteiger partial charge in [0.1, 0.15) is 0 Å². The lowest BCUT2D eigenvalue weighted by molar-refractivity contribution is 0.220. The van der Waals surface area contributed by atoms with Gasteiger partial charge in [-0.3, -0.25) is 0 Å². The SMILES string of the molecule is CC(C)CN(C)CC1CC(C)CCN1. The predicted molar refractivity (Wildman–Crippen MR) is 62.5 cm³/mol. The van der Waals surface area contributed by atoms with E-state index in [2.05, 4.69) is 38.0 Å². The Morgan fingerprint density at radius 2 is 2.14 bits per heavy atom. The maximum absolute atomic E-state index is 3.61. The van der Waals surface area contributed by atoms with Crippen molar-refractivity contribution in [2.45, 2.75) is 39.7 Å². The molecular formula is C12H26N2. The maximum atomic E-state index is 3.61. The first-order valence-corrected chi connectivity index (χ1v) is 6.00. The van der Waals surface area contributed by atoms with Crippen LogP contribution in [-0.4, -0.2) is 37.6 Å². The Balaban J connectivity index is 2.21. The highest BCUT2D eigenvalue weighted by molar-refractivity contribution is 4.78. The average Bonchev–Trinajstić information content (AvgIpc) is 2.01. The fourth-order valence-electron chi connectivity index (χ4n) is 2.43. The van der Waals surface area contributed by atoms with E-state index in [4.69, 9.17) is 0 Å². The van der Waals surface area contributed by atoms with E-state index in [9.17, 15) is 0 Å². The number of nitrogens with zero attached hydrogens (tertiary/aromatic N) is 1. The molecule has 2 nitrogen and oxygen atoms in total. The van der Waals surface area contributed by atoms with Crippen LogP contribution in [0.5, 0.6) is 0 Å². The van der Waals surface area contributed by atoms with Crippen molar-refractivity contribution in [3.05, 3.63) is 0 Å². The Morgan fingerprint density at radius 1 is 1.43 bits per heavy atom. The van der Waals surface area contributed by atoms with Crippen molar-refractivity contribution in [3.8, 4) is 0 Å². The lowest BCUT2D eigenvalue weighted by atomic mass is 9.94. The second kappa shape index (κ2) is 5.72. The summed E-state index contributed by atoms with van der Waals surface area (Å²) in [7, 11) is 2.24. The summed E-state index contributed by atoms with van der Waals surface area (Å²) in [5.41, 5.74) is 0. The van der Waals surface area contributed by atoms with E-state index in [-0.39, 0.29) is 0 Å². The van der Waals surface area contributed by atoms with Crippen LogP contribution in [0.25, 0.3) is 0 Å². The van der Waals surface area contributed by atoms with Crippen molar-refractivity contribution in [1.82, 2.24) is 10.2 Å². The molecule has 84 valence electrons. The van der Waals surface area contributed by atoms with Gasteiger partial charge in [0, 0.05) is 19.1 Å². The highest BCUT2D eigenvalue weighted by Gasteiger charge is 2.19. The quantitative estimate of drug-likeness (QED) is 0.743. The van der Waals surface area contributed by atoms with Crippen molar-refractivity contribution in [2.75, 3.05) is 26.7 Å².